The van der Waals surface area contributed by atoms with Crippen LogP contribution in [0.5, 0.6) is 11.5 Å². The number of carbonyl (C=O) groups is 1. The third-order valence-electron chi connectivity index (χ3n) is 4.23. The van der Waals surface area contributed by atoms with Crippen molar-refractivity contribution in [3.63, 3.8) is 0 Å². The Morgan fingerprint density at radius 3 is 2.88 bits per heavy atom. The van der Waals surface area contributed by atoms with Crippen molar-refractivity contribution in [1.29, 1.82) is 5.41 Å². The van der Waals surface area contributed by atoms with Crippen LogP contribution in [0.25, 0.3) is 0 Å². The van der Waals surface area contributed by atoms with Gasteiger partial charge in [-0.1, -0.05) is 6.07 Å². The highest BCUT2D eigenvalue weighted by Crippen LogP contribution is 2.28. The quantitative estimate of drug-likeness (QED) is 0.492. The lowest BCUT2D eigenvalue weighted by molar-refractivity contribution is 0.111. The second-order valence-electron chi connectivity index (χ2n) is 6.71. The molecule has 0 spiro atoms. The number of ether oxygens (including phenoxy) is 1. The fraction of sp³-hybridized carbons (Fsp3) is 0.400. The summed E-state index contributed by atoms with van der Waals surface area (Å²) in [5.41, 5.74) is 3.33. The molecule has 0 bridgehead atoms. The number of phenols is 1. The summed E-state index contributed by atoms with van der Waals surface area (Å²) in [6.07, 6.45) is 4.50. The number of carbonyl (C=O) groups excluding carboxylic acids is 1. The molecular weight excluding hydrogens is 330 g/mol. The largest absolute Gasteiger partial charge is 0.507 e. The molecule has 0 atom stereocenters. The molecule has 6 heteroatoms. The number of nitrogens with zero attached hydrogens (tertiary/aromatic N) is 1. The summed E-state index contributed by atoms with van der Waals surface area (Å²) in [4.78, 5) is 13.4. The zero-order valence-electron chi connectivity index (χ0n) is 15.6. The number of allylic oxidation sites excluding steroid dienone is 1. The summed E-state index contributed by atoms with van der Waals surface area (Å²) in [7, 11) is 2.06. The van der Waals surface area contributed by atoms with Crippen molar-refractivity contribution < 1.29 is 14.6 Å². The van der Waals surface area contributed by atoms with Crippen LogP contribution in [-0.4, -0.2) is 55.3 Å². The second-order valence-corrected chi connectivity index (χ2v) is 6.71. The first-order chi connectivity index (χ1) is 12.5. The van der Waals surface area contributed by atoms with Gasteiger partial charge in [0.1, 0.15) is 18.1 Å². The van der Waals surface area contributed by atoms with Crippen molar-refractivity contribution >= 4 is 12.5 Å². The van der Waals surface area contributed by atoms with Crippen LogP contribution in [0.2, 0.25) is 0 Å². The van der Waals surface area contributed by atoms with Gasteiger partial charge in [-0.05, 0) is 56.7 Å². The van der Waals surface area contributed by atoms with Crippen LogP contribution in [0.3, 0.4) is 0 Å². The Morgan fingerprint density at radius 2 is 2.23 bits per heavy atom. The third kappa shape index (κ3) is 4.95. The Bertz CT molecular complexity index is 723. The van der Waals surface area contributed by atoms with Gasteiger partial charge in [0.05, 0.1) is 5.56 Å². The third-order valence-corrected chi connectivity index (χ3v) is 4.23. The molecule has 1 aliphatic heterocycles. The average molecular weight is 357 g/mol. The Labute approximate surface area is 154 Å². The Morgan fingerprint density at radius 1 is 1.46 bits per heavy atom. The van der Waals surface area contributed by atoms with Crippen LogP contribution < -0.4 is 10.1 Å². The number of aldehydes is 1. The number of rotatable bonds is 8. The van der Waals surface area contributed by atoms with E-state index in [0.717, 1.165) is 36.4 Å². The Hall–Kier alpha value is -2.60. The van der Waals surface area contributed by atoms with Crippen molar-refractivity contribution in [2.75, 3.05) is 26.7 Å². The van der Waals surface area contributed by atoms with E-state index in [1.54, 1.807) is 18.2 Å². The average Bonchev–Trinajstić information content (AvgIpc) is 2.60. The molecule has 6 nitrogen and oxygen atoms in total. The summed E-state index contributed by atoms with van der Waals surface area (Å²) < 4.78 is 5.87. The van der Waals surface area contributed by atoms with Crippen molar-refractivity contribution in [3.8, 4) is 11.5 Å². The summed E-state index contributed by atoms with van der Waals surface area (Å²) in [5, 5.41) is 20.7. The van der Waals surface area contributed by atoms with E-state index < -0.39 is 0 Å². The number of aromatic hydroxyl groups is 1. The van der Waals surface area contributed by atoms with Crippen molar-refractivity contribution in [2.24, 2.45) is 0 Å². The second kappa shape index (κ2) is 9.20. The molecular formula is C20H27N3O3. The highest BCUT2D eigenvalue weighted by Gasteiger charge is 2.21. The van der Waals surface area contributed by atoms with Gasteiger partial charge in [0.15, 0.2) is 6.29 Å². The standard InChI is InChI=1S/C20H27N3O3/c1-14(2)22-18(7-9-21)16-11-23(3)10-8-15(16)13-26-20-6-4-5-19(25)17(20)12-24/h4-7,9,12,14,21-22,25H,8,10-11,13H2,1-3H3/b18-7-,21-9?. The molecule has 26 heavy (non-hydrogen) atoms. The van der Waals surface area contributed by atoms with Gasteiger partial charge in [0.25, 0.3) is 0 Å². The topological polar surface area (TPSA) is 85.6 Å². The molecule has 140 valence electrons. The van der Waals surface area contributed by atoms with Gasteiger partial charge in [-0.25, -0.2) is 0 Å². The van der Waals surface area contributed by atoms with Gasteiger partial charge in [-0.15, -0.1) is 0 Å². The van der Waals surface area contributed by atoms with E-state index in [4.69, 9.17) is 10.1 Å². The lowest BCUT2D eigenvalue weighted by Crippen LogP contribution is -2.34. The van der Waals surface area contributed by atoms with Crippen LogP contribution in [0.1, 0.15) is 30.6 Å². The Kier molecular flexibility index (Phi) is 6.97. The predicted octanol–water partition coefficient (Wildman–Crippen LogP) is 2.75. The highest BCUT2D eigenvalue weighted by atomic mass is 16.5. The highest BCUT2D eigenvalue weighted by molar-refractivity contribution is 5.83. The molecule has 0 amide bonds. The first kappa shape index (κ1) is 19.7. The van der Waals surface area contributed by atoms with Crippen LogP contribution in [-0.2, 0) is 0 Å². The van der Waals surface area contributed by atoms with Gasteiger partial charge in [0, 0.05) is 31.0 Å². The van der Waals surface area contributed by atoms with Gasteiger partial charge >= 0.3 is 0 Å². The van der Waals surface area contributed by atoms with Crippen LogP contribution in [0, 0.1) is 5.41 Å². The fourth-order valence-electron chi connectivity index (χ4n) is 2.94. The first-order valence-corrected chi connectivity index (χ1v) is 8.73. The summed E-state index contributed by atoms with van der Waals surface area (Å²) in [5.74, 6) is 0.293. The summed E-state index contributed by atoms with van der Waals surface area (Å²) in [6, 6.07) is 5.05. The fourth-order valence-corrected chi connectivity index (χ4v) is 2.94. The SMILES string of the molecule is CC(C)N/C(=C\C=N)C1=C(COc2cccc(O)c2C=O)CCN(C)C1. The zero-order chi connectivity index (χ0) is 19.1. The van der Waals surface area contributed by atoms with E-state index in [1.165, 1.54) is 12.3 Å². The maximum Gasteiger partial charge on any atom is 0.157 e. The Balaban J connectivity index is 2.30. The van der Waals surface area contributed by atoms with E-state index >= 15 is 0 Å². The lowest BCUT2D eigenvalue weighted by Gasteiger charge is -2.30. The minimum atomic E-state index is -0.0825. The van der Waals surface area contributed by atoms with Crippen LogP contribution in [0.4, 0.5) is 0 Å². The molecule has 0 unspecified atom stereocenters. The van der Waals surface area contributed by atoms with Crippen molar-refractivity contribution in [3.05, 3.63) is 46.7 Å². The van der Waals surface area contributed by atoms with Gasteiger partial charge in [-0.2, -0.15) is 0 Å². The van der Waals surface area contributed by atoms with E-state index in [1.807, 2.05) is 0 Å². The van der Waals surface area contributed by atoms with Crippen LogP contribution in [0.15, 0.2) is 41.1 Å². The monoisotopic (exact) mass is 357 g/mol. The molecule has 1 aromatic rings. The van der Waals surface area contributed by atoms with Crippen LogP contribution >= 0.6 is 0 Å². The molecule has 0 saturated heterocycles. The number of phenolic OH excluding ortho intramolecular Hbond substituents is 1. The number of nitrogens with one attached hydrogen (secondary N) is 2. The normalized spacial score (nSPS) is 15.9. The number of hydrogen-bond acceptors (Lipinski definition) is 6. The number of likely N-dealkylation sites (N-methyl/N-ethyl adjacent to an activating group) is 1. The maximum atomic E-state index is 11.2. The molecule has 3 N–H and O–H groups in total. The number of hydrogen-bond donors (Lipinski definition) is 3. The molecule has 0 saturated carbocycles. The van der Waals surface area contributed by atoms with E-state index in [-0.39, 0.29) is 17.4 Å². The molecule has 1 aliphatic rings. The van der Waals surface area contributed by atoms with Gasteiger partial charge in [-0.3, -0.25) is 4.79 Å². The minimum absolute atomic E-state index is 0.0825. The van der Waals surface area contributed by atoms with Crippen molar-refractivity contribution in [1.82, 2.24) is 10.2 Å². The van der Waals surface area contributed by atoms with Gasteiger partial charge in [0.2, 0.25) is 0 Å². The molecule has 0 aliphatic carbocycles. The van der Waals surface area contributed by atoms with E-state index in [2.05, 4.69) is 31.1 Å². The molecule has 0 fully saturated rings. The smallest absolute Gasteiger partial charge is 0.157 e. The first-order valence-electron chi connectivity index (χ1n) is 8.73. The van der Waals surface area contributed by atoms with E-state index in [9.17, 15) is 9.90 Å². The molecule has 2 rings (SSSR count). The maximum absolute atomic E-state index is 11.2. The van der Waals surface area contributed by atoms with Gasteiger partial charge < -0.3 is 25.5 Å². The lowest BCUT2D eigenvalue weighted by atomic mass is 9.97. The molecule has 0 radical (unpaired) electrons. The molecule has 1 aromatic carbocycles. The van der Waals surface area contributed by atoms with Crippen molar-refractivity contribution in [2.45, 2.75) is 26.3 Å². The summed E-state index contributed by atoms with van der Waals surface area (Å²) in [6.45, 7) is 6.14. The summed E-state index contributed by atoms with van der Waals surface area (Å²) >= 11 is 0. The molecule has 1 heterocycles. The number of benzene rings is 1. The zero-order valence-corrected chi connectivity index (χ0v) is 15.6. The molecule has 0 aromatic heterocycles. The minimum Gasteiger partial charge on any atom is -0.507 e. The predicted molar refractivity (Wildman–Crippen MR) is 103 cm³/mol. The van der Waals surface area contributed by atoms with E-state index in [0.29, 0.717) is 18.6 Å².